The molecule has 1 N–H and O–H groups in total. The number of aromatic nitrogens is 2. The van der Waals surface area contributed by atoms with Crippen molar-refractivity contribution >= 4 is 16.6 Å². The minimum absolute atomic E-state index is 0.305. The third-order valence-electron chi connectivity index (χ3n) is 3.76. The summed E-state index contributed by atoms with van der Waals surface area (Å²) in [5, 5.41) is 12.9. The minimum Gasteiger partial charge on any atom is -0.383 e. The van der Waals surface area contributed by atoms with Crippen molar-refractivity contribution in [2.24, 2.45) is 5.41 Å². The number of unbranched alkanes of at least 4 members (excludes halogenated alkanes) is 2. The quantitative estimate of drug-likeness (QED) is 0.745. The van der Waals surface area contributed by atoms with Crippen LogP contribution in [0.2, 0.25) is 0 Å². The van der Waals surface area contributed by atoms with Crippen molar-refractivity contribution in [1.82, 2.24) is 10.2 Å². The number of nitrogens with zero attached hydrogens (tertiary/aromatic N) is 2. The summed E-state index contributed by atoms with van der Waals surface area (Å²) in [7, 11) is 0. The molecular formula is C17H25N3. The molecule has 0 atom stereocenters. The van der Waals surface area contributed by atoms with Crippen molar-refractivity contribution in [1.29, 1.82) is 0 Å². The molecular weight excluding hydrogens is 246 g/mol. The van der Waals surface area contributed by atoms with Gasteiger partial charge in [-0.1, -0.05) is 58.2 Å². The first kappa shape index (κ1) is 14.8. The number of hydrogen-bond acceptors (Lipinski definition) is 3. The molecule has 0 bridgehead atoms. The molecule has 3 heteroatoms. The normalized spacial score (nSPS) is 11.8. The van der Waals surface area contributed by atoms with Crippen molar-refractivity contribution in [2.45, 2.75) is 46.5 Å². The lowest BCUT2D eigenvalue weighted by molar-refractivity contribution is 0.342. The van der Waals surface area contributed by atoms with Crippen LogP contribution in [0.15, 0.2) is 30.5 Å². The molecule has 0 unspecified atom stereocenters. The van der Waals surface area contributed by atoms with Gasteiger partial charge in [0.1, 0.15) is 0 Å². The van der Waals surface area contributed by atoms with E-state index in [1.54, 1.807) is 0 Å². The number of fused-ring (bicyclic) bond motifs is 1. The molecule has 0 radical (unpaired) electrons. The molecule has 1 heterocycles. The smallest absolute Gasteiger partial charge is 0.0950 e. The molecule has 1 aromatic carbocycles. The number of nitrogens with one attached hydrogen (secondary N) is 1. The van der Waals surface area contributed by atoms with E-state index in [1.807, 2.05) is 24.4 Å². The molecule has 0 aliphatic heterocycles. The van der Waals surface area contributed by atoms with Crippen LogP contribution in [0.3, 0.4) is 0 Å². The molecule has 0 fully saturated rings. The van der Waals surface area contributed by atoms with Crippen LogP contribution in [0.4, 0.5) is 5.69 Å². The van der Waals surface area contributed by atoms with E-state index in [-0.39, 0.29) is 0 Å². The Bertz CT molecular complexity index is 543. The zero-order valence-electron chi connectivity index (χ0n) is 12.8. The van der Waals surface area contributed by atoms with Gasteiger partial charge in [-0.15, -0.1) is 0 Å². The highest BCUT2D eigenvalue weighted by Gasteiger charge is 2.17. The van der Waals surface area contributed by atoms with E-state index in [4.69, 9.17) is 0 Å². The van der Waals surface area contributed by atoms with Gasteiger partial charge >= 0.3 is 0 Å². The maximum Gasteiger partial charge on any atom is 0.0950 e. The molecule has 0 saturated heterocycles. The number of benzene rings is 1. The molecule has 0 spiro atoms. The second-order valence-electron chi connectivity index (χ2n) is 6.25. The number of rotatable bonds is 7. The van der Waals surface area contributed by atoms with Gasteiger partial charge in [0.05, 0.1) is 17.4 Å². The van der Waals surface area contributed by atoms with E-state index in [2.05, 4.69) is 42.4 Å². The average Bonchev–Trinajstić information content (AvgIpc) is 2.45. The Hall–Kier alpha value is -1.64. The molecule has 3 nitrogen and oxygen atoms in total. The highest BCUT2D eigenvalue weighted by atomic mass is 15.1. The van der Waals surface area contributed by atoms with E-state index in [0.717, 1.165) is 23.1 Å². The highest BCUT2D eigenvalue weighted by molar-refractivity contribution is 5.90. The van der Waals surface area contributed by atoms with Crippen molar-refractivity contribution in [3.8, 4) is 0 Å². The lowest BCUT2D eigenvalue weighted by atomic mass is 9.87. The van der Waals surface area contributed by atoms with Gasteiger partial charge in [-0.3, -0.25) is 0 Å². The van der Waals surface area contributed by atoms with Crippen LogP contribution in [-0.4, -0.2) is 16.7 Å². The van der Waals surface area contributed by atoms with Gasteiger partial charge in [-0.25, -0.2) is 0 Å². The Morgan fingerprint density at radius 1 is 1.15 bits per heavy atom. The maximum atomic E-state index is 4.16. The Morgan fingerprint density at radius 3 is 2.75 bits per heavy atom. The lowest BCUT2D eigenvalue weighted by Crippen LogP contribution is -2.23. The zero-order chi connectivity index (χ0) is 14.4. The summed E-state index contributed by atoms with van der Waals surface area (Å²) in [5.41, 5.74) is 2.33. The van der Waals surface area contributed by atoms with Gasteiger partial charge in [0.15, 0.2) is 0 Å². The first-order valence-electron chi connectivity index (χ1n) is 7.57. The van der Waals surface area contributed by atoms with Crippen LogP contribution >= 0.6 is 0 Å². The summed E-state index contributed by atoms with van der Waals surface area (Å²) in [6.07, 6.45) is 6.99. The summed E-state index contributed by atoms with van der Waals surface area (Å²) in [5.74, 6) is 0. The van der Waals surface area contributed by atoms with Crippen LogP contribution in [0.5, 0.6) is 0 Å². The van der Waals surface area contributed by atoms with Crippen LogP contribution in [-0.2, 0) is 0 Å². The maximum absolute atomic E-state index is 4.16. The van der Waals surface area contributed by atoms with Gasteiger partial charge in [-0.05, 0) is 17.9 Å². The Morgan fingerprint density at radius 2 is 1.95 bits per heavy atom. The van der Waals surface area contributed by atoms with Crippen molar-refractivity contribution in [2.75, 3.05) is 11.9 Å². The fraction of sp³-hybridized carbons (Fsp3) is 0.529. The van der Waals surface area contributed by atoms with Crippen LogP contribution in [0, 0.1) is 5.41 Å². The fourth-order valence-electron chi connectivity index (χ4n) is 2.42. The topological polar surface area (TPSA) is 37.8 Å². The molecule has 0 aliphatic carbocycles. The van der Waals surface area contributed by atoms with E-state index in [0.29, 0.717) is 5.41 Å². The van der Waals surface area contributed by atoms with Gasteiger partial charge in [0.2, 0.25) is 0 Å². The summed E-state index contributed by atoms with van der Waals surface area (Å²) in [6, 6.07) is 8.13. The largest absolute Gasteiger partial charge is 0.383 e. The van der Waals surface area contributed by atoms with Crippen molar-refractivity contribution < 1.29 is 0 Å². The summed E-state index contributed by atoms with van der Waals surface area (Å²) < 4.78 is 0. The third kappa shape index (κ3) is 3.92. The van der Waals surface area contributed by atoms with Crippen LogP contribution < -0.4 is 5.32 Å². The van der Waals surface area contributed by atoms with E-state index in [9.17, 15) is 0 Å². The molecule has 2 aromatic rings. The van der Waals surface area contributed by atoms with Gasteiger partial charge in [0, 0.05) is 11.9 Å². The molecule has 0 saturated carbocycles. The molecule has 2 rings (SSSR count). The summed E-state index contributed by atoms with van der Waals surface area (Å²) >= 11 is 0. The first-order valence-corrected chi connectivity index (χ1v) is 7.57. The molecule has 108 valence electrons. The summed E-state index contributed by atoms with van der Waals surface area (Å²) in [4.78, 5) is 0. The Balaban J connectivity index is 2.02. The van der Waals surface area contributed by atoms with Crippen molar-refractivity contribution in [3.63, 3.8) is 0 Å². The SMILES string of the molecule is CCCCCC(C)(C)CNc1cnnc2ccccc12. The predicted molar refractivity (Wildman–Crippen MR) is 86.0 cm³/mol. The fourth-order valence-corrected chi connectivity index (χ4v) is 2.42. The summed E-state index contributed by atoms with van der Waals surface area (Å²) in [6.45, 7) is 7.87. The van der Waals surface area contributed by atoms with E-state index in [1.165, 1.54) is 25.7 Å². The highest BCUT2D eigenvalue weighted by Crippen LogP contribution is 2.26. The van der Waals surface area contributed by atoms with Gasteiger partial charge in [0.25, 0.3) is 0 Å². The third-order valence-corrected chi connectivity index (χ3v) is 3.76. The van der Waals surface area contributed by atoms with Crippen LogP contribution in [0.25, 0.3) is 10.9 Å². The predicted octanol–water partition coefficient (Wildman–Crippen LogP) is 4.65. The van der Waals surface area contributed by atoms with Crippen LogP contribution in [0.1, 0.15) is 46.5 Å². The van der Waals surface area contributed by atoms with Crippen molar-refractivity contribution in [3.05, 3.63) is 30.5 Å². The monoisotopic (exact) mass is 271 g/mol. The molecule has 0 aliphatic rings. The second kappa shape index (κ2) is 6.69. The lowest BCUT2D eigenvalue weighted by Gasteiger charge is -2.25. The minimum atomic E-state index is 0.305. The Kier molecular flexibility index (Phi) is 4.94. The second-order valence-corrected chi connectivity index (χ2v) is 6.25. The van der Waals surface area contributed by atoms with E-state index >= 15 is 0 Å². The average molecular weight is 271 g/mol. The zero-order valence-corrected chi connectivity index (χ0v) is 12.8. The number of hydrogen-bond donors (Lipinski definition) is 1. The standard InChI is InChI=1S/C17H25N3/c1-4-5-8-11-17(2,3)13-18-16-12-19-20-15-10-7-6-9-14(15)16/h6-7,9-10,12H,4-5,8,11,13H2,1-3H3,(H,18,20). The molecule has 0 amide bonds. The molecule has 20 heavy (non-hydrogen) atoms. The molecule has 1 aromatic heterocycles. The Labute approximate surface area is 121 Å². The number of anilines is 1. The van der Waals surface area contributed by atoms with E-state index < -0.39 is 0 Å². The van der Waals surface area contributed by atoms with Gasteiger partial charge in [-0.2, -0.15) is 10.2 Å². The van der Waals surface area contributed by atoms with Gasteiger partial charge < -0.3 is 5.32 Å². The first-order chi connectivity index (χ1) is 9.62.